The van der Waals surface area contributed by atoms with E-state index in [9.17, 15) is 4.79 Å². The van der Waals surface area contributed by atoms with E-state index in [0.29, 0.717) is 11.4 Å². The maximum Gasteiger partial charge on any atom is 0.230 e. The van der Waals surface area contributed by atoms with Crippen molar-refractivity contribution >= 4 is 23.4 Å². The molecule has 1 unspecified atom stereocenters. The van der Waals surface area contributed by atoms with Crippen LogP contribution in [0.2, 0.25) is 0 Å². The lowest BCUT2D eigenvalue weighted by Gasteiger charge is -2.13. The van der Waals surface area contributed by atoms with E-state index in [2.05, 4.69) is 24.1 Å². The maximum absolute atomic E-state index is 11.8. The van der Waals surface area contributed by atoms with Gasteiger partial charge in [0, 0.05) is 17.1 Å². The second-order valence-electron chi connectivity index (χ2n) is 4.67. The molecule has 106 valence electrons. The molecule has 0 aliphatic heterocycles. The number of carbonyl (C=O) groups excluding carboxylic acids is 1. The molecule has 4 nitrogen and oxygen atoms in total. The molecule has 0 aliphatic carbocycles. The number of amides is 1. The van der Waals surface area contributed by atoms with Crippen LogP contribution < -0.4 is 11.1 Å². The molecule has 0 saturated carbocycles. The Morgan fingerprint density at radius 2 is 2.32 bits per heavy atom. The molecule has 0 spiro atoms. The number of unbranched alkanes of at least 4 members (excludes halogenated alkanes) is 2. The number of thioether (sulfide) groups is 1. The average Bonchev–Trinajstić information content (AvgIpc) is 2.38. The van der Waals surface area contributed by atoms with Crippen LogP contribution in [0.5, 0.6) is 0 Å². The standard InChI is InChI=1S/C14H23N3OS/c1-3-4-5-6-11(2)17-14(18)10-19-13-7-8-16-9-12(13)15/h7-9,11H,3-6,10,15H2,1-2H3,(H,17,18). The summed E-state index contributed by atoms with van der Waals surface area (Å²) in [7, 11) is 0. The Kier molecular flexibility index (Phi) is 7.33. The highest BCUT2D eigenvalue weighted by Crippen LogP contribution is 2.22. The molecule has 1 rings (SSSR count). The number of pyridine rings is 1. The Morgan fingerprint density at radius 1 is 1.53 bits per heavy atom. The number of nitrogens with two attached hydrogens (primary N) is 1. The van der Waals surface area contributed by atoms with Crippen LogP contribution in [0.15, 0.2) is 23.4 Å². The number of carbonyl (C=O) groups is 1. The number of hydrogen-bond acceptors (Lipinski definition) is 4. The topological polar surface area (TPSA) is 68.0 Å². The van der Waals surface area contributed by atoms with E-state index in [1.807, 2.05) is 6.07 Å². The second kappa shape index (κ2) is 8.80. The van der Waals surface area contributed by atoms with Crippen molar-refractivity contribution in [2.24, 2.45) is 0 Å². The Hall–Kier alpha value is -1.23. The van der Waals surface area contributed by atoms with Crippen LogP contribution in [0.4, 0.5) is 5.69 Å². The molecule has 0 bridgehead atoms. The van der Waals surface area contributed by atoms with Gasteiger partial charge in [-0.25, -0.2) is 0 Å². The monoisotopic (exact) mass is 281 g/mol. The van der Waals surface area contributed by atoms with Gasteiger partial charge in [0.1, 0.15) is 0 Å². The van der Waals surface area contributed by atoms with E-state index in [1.54, 1.807) is 12.4 Å². The normalized spacial score (nSPS) is 12.1. The summed E-state index contributed by atoms with van der Waals surface area (Å²) in [6.07, 6.45) is 7.93. The Morgan fingerprint density at radius 3 is 3.00 bits per heavy atom. The molecule has 1 amide bonds. The van der Waals surface area contributed by atoms with E-state index < -0.39 is 0 Å². The first-order valence-electron chi connectivity index (χ1n) is 6.75. The molecule has 19 heavy (non-hydrogen) atoms. The number of rotatable bonds is 8. The summed E-state index contributed by atoms with van der Waals surface area (Å²) in [5.41, 5.74) is 6.40. The van der Waals surface area contributed by atoms with Crippen molar-refractivity contribution < 1.29 is 4.79 Å². The van der Waals surface area contributed by atoms with Crippen molar-refractivity contribution in [3.05, 3.63) is 18.5 Å². The SMILES string of the molecule is CCCCCC(C)NC(=O)CSc1ccncc1N. The molecule has 1 heterocycles. The fourth-order valence-corrected chi connectivity index (χ4v) is 2.50. The van der Waals surface area contributed by atoms with Crippen LogP contribution in [0.1, 0.15) is 39.5 Å². The van der Waals surface area contributed by atoms with Crippen molar-refractivity contribution in [2.75, 3.05) is 11.5 Å². The number of nitrogens with zero attached hydrogens (tertiary/aromatic N) is 1. The van der Waals surface area contributed by atoms with Gasteiger partial charge in [-0.3, -0.25) is 9.78 Å². The minimum atomic E-state index is 0.0604. The smallest absolute Gasteiger partial charge is 0.230 e. The van der Waals surface area contributed by atoms with Gasteiger partial charge in [0.15, 0.2) is 0 Å². The van der Waals surface area contributed by atoms with Gasteiger partial charge in [-0.15, -0.1) is 11.8 Å². The van der Waals surface area contributed by atoms with Crippen molar-refractivity contribution in [1.29, 1.82) is 0 Å². The fourth-order valence-electron chi connectivity index (χ4n) is 1.76. The zero-order valence-corrected chi connectivity index (χ0v) is 12.5. The van der Waals surface area contributed by atoms with E-state index >= 15 is 0 Å². The van der Waals surface area contributed by atoms with Crippen molar-refractivity contribution in [1.82, 2.24) is 10.3 Å². The van der Waals surface area contributed by atoms with E-state index in [0.717, 1.165) is 11.3 Å². The zero-order valence-electron chi connectivity index (χ0n) is 11.7. The third-order valence-corrected chi connectivity index (χ3v) is 3.91. The predicted octanol–water partition coefficient (Wildman–Crippen LogP) is 2.84. The molecule has 1 atom stereocenters. The van der Waals surface area contributed by atoms with Gasteiger partial charge in [-0.05, 0) is 19.4 Å². The highest BCUT2D eigenvalue weighted by molar-refractivity contribution is 8.00. The van der Waals surface area contributed by atoms with Crippen LogP contribution in [-0.2, 0) is 4.79 Å². The summed E-state index contributed by atoms with van der Waals surface area (Å²) in [4.78, 5) is 16.6. The summed E-state index contributed by atoms with van der Waals surface area (Å²) in [5.74, 6) is 0.456. The molecule has 5 heteroatoms. The third kappa shape index (κ3) is 6.47. The van der Waals surface area contributed by atoms with E-state index in [1.165, 1.54) is 31.0 Å². The minimum absolute atomic E-state index is 0.0604. The quantitative estimate of drug-likeness (QED) is 0.568. The molecule has 0 aliphatic rings. The van der Waals surface area contributed by atoms with Gasteiger partial charge in [0.2, 0.25) is 5.91 Å². The number of hydrogen-bond donors (Lipinski definition) is 2. The van der Waals surface area contributed by atoms with Gasteiger partial charge >= 0.3 is 0 Å². The van der Waals surface area contributed by atoms with Crippen LogP contribution in [0.3, 0.4) is 0 Å². The second-order valence-corrected chi connectivity index (χ2v) is 5.68. The van der Waals surface area contributed by atoms with Crippen molar-refractivity contribution in [3.8, 4) is 0 Å². The van der Waals surface area contributed by atoms with E-state index in [-0.39, 0.29) is 11.9 Å². The van der Waals surface area contributed by atoms with Crippen LogP contribution in [0.25, 0.3) is 0 Å². The van der Waals surface area contributed by atoms with Gasteiger partial charge in [0.25, 0.3) is 0 Å². The Labute approximate surface area is 119 Å². The number of nitrogens with one attached hydrogen (secondary N) is 1. The summed E-state index contributed by atoms with van der Waals surface area (Å²) >= 11 is 1.45. The lowest BCUT2D eigenvalue weighted by Crippen LogP contribution is -2.33. The fraction of sp³-hybridized carbons (Fsp3) is 0.571. The predicted molar refractivity (Wildman–Crippen MR) is 81.1 cm³/mol. The summed E-state index contributed by atoms with van der Waals surface area (Å²) in [6, 6.07) is 2.08. The molecular weight excluding hydrogens is 258 g/mol. The highest BCUT2D eigenvalue weighted by Gasteiger charge is 2.08. The number of anilines is 1. The molecule has 0 saturated heterocycles. The summed E-state index contributed by atoms with van der Waals surface area (Å²) in [6.45, 7) is 4.23. The number of nitrogen functional groups attached to an aromatic ring is 1. The van der Waals surface area contributed by atoms with Crippen LogP contribution in [-0.4, -0.2) is 22.7 Å². The maximum atomic E-state index is 11.8. The molecule has 1 aromatic heterocycles. The van der Waals surface area contributed by atoms with Gasteiger partial charge < -0.3 is 11.1 Å². The minimum Gasteiger partial charge on any atom is -0.397 e. The molecular formula is C14H23N3OS. The lowest BCUT2D eigenvalue weighted by atomic mass is 10.1. The Balaban J connectivity index is 2.26. The number of aromatic nitrogens is 1. The molecule has 0 fully saturated rings. The summed E-state index contributed by atoms with van der Waals surface area (Å²) in [5, 5.41) is 3.01. The third-order valence-electron chi connectivity index (χ3n) is 2.82. The van der Waals surface area contributed by atoms with Gasteiger partial charge in [-0.1, -0.05) is 26.2 Å². The van der Waals surface area contributed by atoms with Gasteiger partial charge in [0.05, 0.1) is 17.6 Å². The first-order valence-corrected chi connectivity index (χ1v) is 7.73. The van der Waals surface area contributed by atoms with Crippen LogP contribution >= 0.6 is 11.8 Å². The van der Waals surface area contributed by atoms with E-state index in [4.69, 9.17) is 5.73 Å². The van der Waals surface area contributed by atoms with Gasteiger partial charge in [-0.2, -0.15) is 0 Å². The zero-order chi connectivity index (χ0) is 14.1. The van der Waals surface area contributed by atoms with Crippen LogP contribution in [0, 0.1) is 0 Å². The molecule has 0 radical (unpaired) electrons. The lowest BCUT2D eigenvalue weighted by molar-refractivity contribution is -0.119. The molecule has 3 N–H and O–H groups in total. The Bertz CT molecular complexity index is 398. The highest BCUT2D eigenvalue weighted by atomic mass is 32.2. The molecule has 0 aromatic carbocycles. The largest absolute Gasteiger partial charge is 0.397 e. The van der Waals surface area contributed by atoms with Crippen molar-refractivity contribution in [2.45, 2.75) is 50.5 Å². The average molecular weight is 281 g/mol. The molecule has 1 aromatic rings. The first kappa shape index (κ1) is 15.8. The van der Waals surface area contributed by atoms with Crippen molar-refractivity contribution in [3.63, 3.8) is 0 Å². The first-order chi connectivity index (χ1) is 9.13. The summed E-state index contributed by atoms with van der Waals surface area (Å²) < 4.78 is 0.